The lowest BCUT2D eigenvalue weighted by Crippen LogP contribution is -2.61. The highest BCUT2D eigenvalue weighted by atomic mass is 16.5. The number of imide groups is 1. The Bertz CT molecular complexity index is 2400. The Hall–Kier alpha value is -5.68. The summed E-state index contributed by atoms with van der Waals surface area (Å²) >= 11 is 0. The van der Waals surface area contributed by atoms with E-state index in [-0.39, 0.29) is 40.9 Å². The van der Waals surface area contributed by atoms with Gasteiger partial charge in [-0.15, -0.1) is 0 Å². The third kappa shape index (κ3) is 6.18. The number of piperidine rings is 2. The molecule has 0 saturated carbocycles. The number of carbonyl (C=O) groups is 4. The smallest absolute Gasteiger partial charge is 0.255 e. The van der Waals surface area contributed by atoms with Crippen LogP contribution in [0.4, 0.5) is 5.69 Å². The number of ether oxygens (including phenoxy) is 1. The quantitative estimate of drug-likeness (QED) is 0.246. The molecule has 7 aliphatic rings. The van der Waals surface area contributed by atoms with Crippen LogP contribution in [0.2, 0.25) is 0 Å². The van der Waals surface area contributed by atoms with Crippen LogP contribution in [-0.2, 0) is 32.8 Å². The van der Waals surface area contributed by atoms with Gasteiger partial charge in [-0.3, -0.25) is 29.4 Å². The number of carbonyl (C=O) groups excluding carboxylic acids is 4. The number of phenols is 1. The molecule has 6 aliphatic heterocycles. The highest BCUT2D eigenvalue weighted by Gasteiger charge is 2.51. The molecule has 11 rings (SSSR count). The number of hydrogen-bond donors (Lipinski definition) is 2. The first kappa shape index (κ1) is 37.3. The molecular formula is C49H51N5O6. The predicted molar refractivity (Wildman–Crippen MR) is 225 cm³/mol. The number of nitrogens with one attached hydrogen (secondary N) is 1. The van der Waals surface area contributed by atoms with Crippen molar-refractivity contribution in [3.05, 3.63) is 124 Å². The number of phenolic OH excluding ortho intramolecular Hbond substituents is 1. The van der Waals surface area contributed by atoms with E-state index in [1.165, 1.54) is 27.9 Å². The van der Waals surface area contributed by atoms with Crippen molar-refractivity contribution in [2.24, 2.45) is 5.41 Å². The van der Waals surface area contributed by atoms with Crippen molar-refractivity contribution in [2.75, 3.05) is 57.3 Å². The summed E-state index contributed by atoms with van der Waals surface area (Å²) in [5.41, 5.74) is 8.99. The number of aryl methyl sites for hydroxylation is 1. The van der Waals surface area contributed by atoms with E-state index < -0.39 is 11.9 Å². The van der Waals surface area contributed by atoms with Gasteiger partial charge in [-0.2, -0.15) is 0 Å². The van der Waals surface area contributed by atoms with Crippen LogP contribution in [0.5, 0.6) is 11.5 Å². The summed E-state index contributed by atoms with van der Waals surface area (Å²) in [5.74, 6) is 1.03. The average molecular weight is 806 g/mol. The highest BCUT2D eigenvalue weighted by Crippen LogP contribution is 2.51. The number of nitrogens with zero attached hydrogens (tertiary/aromatic N) is 4. The standard InChI is InChI=1S/C49H51N5O6/c55-35-11-13-37-33(24-35)8-12-36(31-4-2-1-3-5-31)44(37)32-6-9-34(10-7-32)52-23-18-48(27-52)28-53(29-48)43(57)26-51-21-19-49(20-22-51)30-60-45-39-25-54(41-16-17-42(56)50-46(41)58)47(59)38(39)14-15-40(45)49/h1-7,9-11,13-15,24,36,41,44,55H,8,12,16-23,25-30H2,(H,50,56,58)/t36-,41?,44+/m1/s1. The van der Waals surface area contributed by atoms with E-state index in [2.05, 4.69) is 80.7 Å². The number of fused-ring (bicyclic) bond motifs is 5. The van der Waals surface area contributed by atoms with Gasteiger partial charge in [0.1, 0.15) is 17.5 Å². The van der Waals surface area contributed by atoms with E-state index in [1.54, 1.807) is 4.90 Å². The molecule has 60 heavy (non-hydrogen) atoms. The largest absolute Gasteiger partial charge is 0.508 e. The molecule has 11 heteroatoms. The average Bonchev–Trinajstić information content (AvgIpc) is 3.96. The van der Waals surface area contributed by atoms with Gasteiger partial charge < -0.3 is 24.5 Å². The Morgan fingerprint density at radius 1 is 0.833 bits per heavy atom. The maximum absolute atomic E-state index is 13.6. The van der Waals surface area contributed by atoms with Crippen molar-refractivity contribution in [1.29, 1.82) is 0 Å². The highest BCUT2D eigenvalue weighted by molar-refractivity contribution is 6.05. The number of anilines is 1. The monoisotopic (exact) mass is 805 g/mol. The molecule has 0 aromatic heterocycles. The summed E-state index contributed by atoms with van der Waals surface area (Å²) in [4.78, 5) is 59.8. The van der Waals surface area contributed by atoms with Gasteiger partial charge in [-0.05, 0) is 110 Å². The van der Waals surface area contributed by atoms with Gasteiger partial charge in [-0.25, -0.2) is 0 Å². The zero-order chi connectivity index (χ0) is 40.8. The minimum atomic E-state index is -0.654. The molecule has 4 fully saturated rings. The Kier molecular flexibility index (Phi) is 8.85. The zero-order valence-electron chi connectivity index (χ0n) is 33.9. The summed E-state index contributed by atoms with van der Waals surface area (Å²) in [6, 6.07) is 29.2. The predicted octanol–water partition coefficient (Wildman–Crippen LogP) is 5.48. The normalized spacial score (nSPS) is 25.2. The molecule has 4 aromatic rings. The Labute approximate surface area is 350 Å². The first-order valence-electron chi connectivity index (χ1n) is 21.8. The maximum atomic E-state index is 13.6. The van der Waals surface area contributed by atoms with Gasteiger partial charge in [-0.1, -0.05) is 54.6 Å². The van der Waals surface area contributed by atoms with Gasteiger partial charge in [0.05, 0.1) is 19.7 Å². The summed E-state index contributed by atoms with van der Waals surface area (Å²) in [5, 5.41) is 12.6. The summed E-state index contributed by atoms with van der Waals surface area (Å²) < 4.78 is 6.37. The van der Waals surface area contributed by atoms with Crippen LogP contribution in [0.3, 0.4) is 0 Å². The molecule has 11 nitrogen and oxygen atoms in total. The summed E-state index contributed by atoms with van der Waals surface area (Å²) in [6.07, 6.45) is 5.39. The molecule has 2 spiro atoms. The molecule has 6 heterocycles. The van der Waals surface area contributed by atoms with Gasteiger partial charge in [0.15, 0.2) is 0 Å². The maximum Gasteiger partial charge on any atom is 0.255 e. The minimum Gasteiger partial charge on any atom is -0.508 e. The Morgan fingerprint density at radius 3 is 2.42 bits per heavy atom. The van der Waals surface area contributed by atoms with Gasteiger partial charge in [0.25, 0.3) is 5.91 Å². The topological polar surface area (TPSA) is 123 Å². The van der Waals surface area contributed by atoms with E-state index in [0.29, 0.717) is 43.3 Å². The number of benzene rings is 4. The van der Waals surface area contributed by atoms with E-state index >= 15 is 0 Å². The molecule has 0 bridgehead atoms. The second-order valence-corrected chi connectivity index (χ2v) is 18.6. The van der Waals surface area contributed by atoms with Crippen molar-refractivity contribution in [2.45, 2.75) is 74.8 Å². The molecule has 1 unspecified atom stereocenters. The molecule has 4 amide bonds. The van der Waals surface area contributed by atoms with Gasteiger partial charge >= 0.3 is 0 Å². The van der Waals surface area contributed by atoms with E-state index in [1.807, 2.05) is 24.3 Å². The fourth-order valence-corrected chi connectivity index (χ4v) is 11.9. The van der Waals surface area contributed by atoms with E-state index in [0.717, 1.165) is 88.2 Å². The van der Waals surface area contributed by atoms with Gasteiger partial charge in [0, 0.05) is 71.7 Å². The van der Waals surface area contributed by atoms with Crippen LogP contribution in [-0.4, -0.2) is 102 Å². The second-order valence-electron chi connectivity index (χ2n) is 18.6. The van der Waals surface area contributed by atoms with Crippen LogP contribution in [0.1, 0.15) is 94.1 Å². The third-order valence-corrected chi connectivity index (χ3v) is 15.2. The second kappa shape index (κ2) is 14.2. The fourth-order valence-electron chi connectivity index (χ4n) is 11.9. The summed E-state index contributed by atoms with van der Waals surface area (Å²) in [6.45, 7) is 6.46. The van der Waals surface area contributed by atoms with Crippen LogP contribution < -0.4 is 15.0 Å². The van der Waals surface area contributed by atoms with Crippen molar-refractivity contribution < 1.29 is 29.0 Å². The fraction of sp³-hybridized carbons (Fsp3) is 0.429. The number of rotatable bonds is 6. The number of aromatic hydroxyl groups is 1. The van der Waals surface area contributed by atoms with E-state index in [4.69, 9.17) is 4.74 Å². The number of amides is 4. The van der Waals surface area contributed by atoms with Crippen molar-refractivity contribution in [1.82, 2.24) is 20.0 Å². The van der Waals surface area contributed by atoms with Crippen molar-refractivity contribution >= 4 is 29.3 Å². The lowest BCUT2D eigenvalue weighted by Gasteiger charge is -2.49. The number of hydrogen-bond acceptors (Lipinski definition) is 8. The first-order chi connectivity index (χ1) is 29.2. The molecule has 0 radical (unpaired) electrons. The Balaban J connectivity index is 0.695. The molecule has 2 N–H and O–H groups in total. The molecule has 1 aliphatic carbocycles. The molecule has 308 valence electrons. The lowest BCUT2D eigenvalue weighted by molar-refractivity contribution is -0.144. The molecule has 4 saturated heterocycles. The first-order valence-corrected chi connectivity index (χ1v) is 21.8. The number of likely N-dealkylation sites (tertiary alicyclic amines) is 2. The minimum absolute atomic E-state index is 0.142. The van der Waals surface area contributed by atoms with Crippen LogP contribution in [0.25, 0.3) is 0 Å². The van der Waals surface area contributed by atoms with Crippen molar-refractivity contribution in [3.8, 4) is 11.5 Å². The SMILES string of the molecule is O=C1CCC(N2Cc3c(ccc4c3OCC43CCN(CC(=O)N4CC5(CCN(c6ccc([C@@H]7c8ccc(O)cc8CC[C@@H]7c7ccccc7)cc6)C5)C4)CC3)C2=O)C(=O)N1. The third-order valence-electron chi connectivity index (χ3n) is 15.2. The van der Waals surface area contributed by atoms with E-state index in [9.17, 15) is 24.3 Å². The summed E-state index contributed by atoms with van der Waals surface area (Å²) in [7, 11) is 0. The zero-order valence-corrected chi connectivity index (χ0v) is 33.9. The van der Waals surface area contributed by atoms with Crippen LogP contribution >= 0.6 is 0 Å². The molecular weight excluding hydrogens is 755 g/mol. The van der Waals surface area contributed by atoms with Crippen LogP contribution in [0, 0.1) is 5.41 Å². The Morgan fingerprint density at radius 2 is 1.63 bits per heavy atom. The van der Waals surface area contributed by atoms with Crippen molar-refractivity contribution in [3.63, 3.8) is 0 Å². The van der Waals surface area contributed by atoms with Crippen LogP contribution in [0.15, 0.2) is 84.9 Å². The molecule has 4 aromatic carbocycles. The lowest BCUT2D eigenvalue weighted by atomic mass is 9.69. The molecule has 3 atom stereocenters. The van der Waals surface area contributed by atoms with Gasteiger partial charge in [0.2, 0.25) is 17.7 Å².